The Morgan fingerprint density at radius 1 is 1.31 bits per heavy atom. The number of amides is 1. The topological polar surface area (TPSA) is 95.7 Å². The van der Waals surface area contributed by atoms with Crippen molar-refractivity contribution >= 4 is 21.6 Å². The average molecular weight is 381 g/mol. The molecule has 8 heteroatoms. The molecule has 0 unspecified atom stereocenters. The van der Waals surface area contributed by atoms with Crippen LogP contribution in [0.25, 0.3) is 0 Å². The van der Waals surface area contributed by atoms with Crippen LogP contribution in [0.4, 0.5) is 5.69 Å². The van der Waals surface area contributed by atoms with Gasteiger partial charge in [-0.05, 0) is 63.4 Å². The van der Waals surface area contributed by atoms with E-state index >= 15 is 0 Å². The molecule has 2 atom stereocenters. The van der Waals surface area contributed by atoms with Gasteiger partial charge in [-0.1, -0.05) is 0 Å². The van der Waals surface area contributed by atoms with Crippen LogP contribution in [0.5, 0.6) is 0 Å². The second-order valence-corrected chi connectivity index (χ2v) is 9.14. The van der Waals surface area contributed by atoms with E-state index in [0.717, 1.165) is 30.8 Å². The molecule has 0 saturated carbocycles. The highest BCUT2D eigenvalue weighted by molar-refractivity contribution is 7.89. The van der Waals surface area contributed by atoms with Crippen molar-refractivity contribution < 1.29 is 13.2 Å². The van der Waals surface area contributed by atoms with Gasteiger partial charge in [0.05, 0.1) is 11.4 Å². The molecule has 3 N–H and O–H groups in total. The van der Waals surface area contributed by atoms with Crippen molar-refractivity contribution in [3.63, 3.8) is 0 Å². The number of benzene rings is 1. The maximum atomic E-state index is 12.6. The van der Waals surface area contributed by atoms with Crippen LogP contribution in [0.1, 0.15) is 30.9 Å². The Morgan fingerprint density at radius 3 is 2.73 bits per heavy atom. The monoisotopic (exact) mass is 380 g/mol. The van der Waals surface area contributed by atoms with Crippen LogP contribution >= 0.6 is 0 Å². The summed E-state index contributed by atoms with van der Waals surface area (Å²) in [5.41, 5.74) is 2.13. The minimum atomic E-state index is -3.81. The van der Waals surface area contributed by atoms with Gasteiger partial charge in [0.15, 0.2) is 0 Å². The number of anilines is 1. The van der Waals surface area contributed by atoms with Gasteiger partial charge in [0, 0.05) is 30.9 Å². The number of piperazine rings is 1. The third-order valence-electron chi connectivity index (χ3n) is 5.66. The van der Waals surface area contributed by atoms with E-state index in [0.29, 0.717) is 24.3 Å². The molecule has 2 aliphatic heterocycles. The normalized spacial score (nSPS) is 24.5. The fourth-order valence-corrected chi connectivity index (χ4v) is 4.59. The first-order valence-corrected chi connectivity index (χ1v) is 10.6. The highest BCUT2D eigenvalue weighted by atomic mass is 32.2. The lowest BCUT2D eigenvalue weighted by Gasteiger charge is -2.41. The van der Waals surface area contributed by atoms with Crippen LogP contribution < -0.4 is 10.5 Å². The molecule has 0 spiro atoms. The van der Waals surface area contributed by atoms with Crippen LogP contribution in [0.3, 0.4) is 0 Å². The molecule has 0 radical (unpaired) electrons. The number of carbonyl (C=O) groups is 1. The lowest BCUT2D eigenvalue weighted by molar-refractivity contribution is -0.118. The molecule has 2 saturated heterocycles. The summed E-state index contributed by atoms with van der Waals surface area (Å²) in [6, 6.07) is 3.85. The van der Waals surface area contributed by atoms with Crippen molar-refractivity contribution in [2.24, 2.45) is 5.14 Å². The largest absolute Gasteiger partial charge is 0.325 e. The third-order valence-corrected chi connectivity index (χ3v) is 6.55. The van der Waals surface area contributed by atoms with E-state index in [1.54, 1.807) is 6.92 Å². The van der Waals surface area contributed by atoms with Gasteiger partial charge in [0.1, 0.15) is 0 Å². The second-order valence-electron chi connectivity index (χ2n) is 7.58. The minimum Gasteiger partial charge on any atom is -0.325 e. The quantitative estimate of drug-likeness (QED) is 0.814. The molecule has 26 heavy (non-hydrogen) atoms. The molecule has 7 nitrogen and oxygen atoms in total. The van der Waals surface area contributed by atoms with Crippen LogP contribution in [0.2, 0.25) is 0 Å². The Labute approximate surface area is 155 Å². The van der Waals surface area contributed by atoms with Gasteiger partial charge in [0.25, 0.3) is 0 Å². The van der Waals surface area contributed by atoms with Gasteiger partial charge in [-0.25, -0.2) is 13.6 Å². The Morgan fingerprint density at radius 2 is 2.04 bits per heavy atom. The Bertz CT molecular complexity index is 809. The highest BCUT2D eigenvalue weighted by Gasteiger charge is 2.34. The number of fused-ring (bicyclic) bond motifs is 1. The van der Waals surface area contributed by atoms with E-state index in [1.807, 2.05) is 6.92 Å². The first-order chi connectivity index (χ1) is 12.1. The summed E-state index contributed by atoms with van der Waals surface area (Å²) in [4.78, 5) is 17.3. The van der Waals surface area contributed by atoms with E-state index in [1.165, 1.54) is 25.0 Å². The van der Waals surface area contributed by atoms with Crippen molar-refractivity contribution in [2.75, 3.05) is 31.5 Å². The van der Waals surface area contributed by atoms with Gasteiger partial charge in [-0.3, -0.25) is 14.6 Å². The van der Waals surface area contributed by atoms with Crippen molar-refractivity contribution in [1.82, 2.24) is 9.80 Å². The zero-order valence-electron chi connectivity index (χ0n) is 15.7. The fraction of sp³-hybridized carbons (Fsp3) is 0.611. The van der Waals surface area contributed by atoms with E-state index in [4.69, 9.17) is 5.14 Å². The molecule has 2 fully saturated rings. The van der Waals surface area contributed by atoms with Gasteiger partial charge in [-0.2, -0.15) is 0 Å². The molecule has 2 aliphatic rings. The van der Waals surface area contributed by atoms with Crippen molar-refractivity contribution in [1.29, 1.82) is 0 Å². The smallest absolute Gasteiger partial charge is 0.238 e. The second kappa shape index (κ2) is 7.26. The van der Waals surface area contributed by atoms with E-state index in [2.05, 4.69) is 22.0 Å². The number of sulfonamides is 1. The standard InChI is InChI=1S/C18H28N4O3S/c1-12-7-16(26(19,24)25)8-17(14(12)3)20-18(23)11-22-10-15-5-4-6-21(15)9-13(22)2/h7-8,13,15H,4-6,9-11H2,1-3H3,(H,20,23)(H2,19,24,25)/t13-,15+/m1/s1. The van der Waals surface area contributed by atoms with Gasteiger partial charge >= 0.3 is 0 Å². The zero-order chi connectivity index (χ0) is 19.1. The predicted molar refractivity (Wildman–Crippen MR) is 102 cm³/mol. The number of carbonyl (C=O) groups excluding carboxylic acids is 1. The summed E-state index contributed by atoms with van der Waals surface area (Å²) in [6.45, 7) is 9.19. The van der Waals surface area contributed by atoms with Crippen LogP contribution in [0.15, 0.2) is 17.0 Å². The van der Waals surface area contributed by atoms with Crippen molar-refractivity contribution in [3.8, 4) is 0 Å². The number of primary sulfonamides is 1. The van der Waals surface area contributed by atoms with E-state index in [9.17, 15) is 13.2 Å². The third kappa shape index (κ3) is 4.09. The first-order valence-electron chi connectivity index (χ1n) is 9.07. The lowest BCUT2D eigenvalue weighted by Crippen LogP contribution is -2.56. The van der Waals surface area contributed by atoms with Gasteiger partial charge < -0.3 is 5.32 Å². The Hall–Kier alpha value is -1.48. The molecule has 144 valence electrons. The first kappa shape index (κ1) is 19.3. The molecule has 1 aromatic rings. The van der Waals surface area contributed by atoms with Crippen molar-refractivity contribution in [2.45, 2.75) is 50.6 Å². The Kier molecular flexibility index (Phi) is 5.39. The number of hydrogen-bond acceptors (Lipinski definition) is 5. The van der Waals surface area contributed by atoms with Crippen LogP contribution in [-0.2, 0) is 14.8 Å². The molecular weight excluding hydrogens is 352 g/mol. The number of nitrogens with zero attached hydrogens (tertiary/aromatic N) is 2. The number of hydrogen-bond donors (Lipinski definition) is 2. The average Bonchev–Trinajstić information content (AvgIpc) is 2.98. The molecular formula is C18H28N4O3S. The number of rotatable bonds is 4. The summed E-state index contributed by atoms with van der Waals surface area (Å²) < 4.78 is 23.3. The summed E-state index contributed by atoms with van der Waals surface area (Å²) in [6.07, 6.45) is 2.43. The summed E-state index contributed by atoms with van der Waals surface area (Å²) >= 11 is 0. The summed E-state index contributed by atoms with van der Waals surface area (Å²) in [7, 11) is -3.81. The van der Waals surface area contributed by atoms with Crippen LogP contribution in [-0.4, -0.2) is 62.4 Å². The molecule has 1 amide bonds. The van der Waals surface area contributed by atoms with Crippen molar-refractivity contribution in [3.05, 3.63) is 23.3 Å². The Balaban J connectivity index is 1.71. The SMILES string of the molecule is Cc1cc(S(N)(=O)=O)cc(NC(=O)CN2C[C@@H]3CCCN3C[C@H]2C)c1C. The van der Waals surface area contributed by atoms with Gasteiger partial charge in [-0.15, -0.1) is 0 Å². The van der Waals surface area contributed by atoms with E-state index in [-0.39, 0.29) is 10.8 Å². The lowest BCUT2D eigenvalue weighted by atomic mass is 10.1. The number of nitrogens with two attached hydrogens (primary N) is 1. The minimum absolute atomic E-state index is 0.0174. The van der Waals surface area contributed by atoms with E-state index < -0.39 is 10.0 Å². The summed E-state index contributed by atoms with van der Waals surface area (Å²) in [5.74, 6) is -0.127. The van der Waals surface area contributed by atoms with Gasteiger partial charge in [0.2, 0.25) is 15.9 Å². The van der Waals surface area contributed by atoms with Crippen LogP contribution in [0, 0.1) is 13.8 Å². The molecule has 0 bridgehead atoms. The molecule has 3 rings (SSSR count). The zero-order valence-corrected chi connectivity index (χ0v) is 16.5. The predicted octanol–water partition coefficient (Wildman–Crippen LogP) is 1.06. The number of aryl methyl sites for hydroxylation is 1. The summed E-state index contributed by atoms with van der Waals surface area (Å²) in [5, 5.41) is 8.12. The maximum absolute atomic E-state index is 12.6. The molecule has 0 aliphatic carbocycles. The molecule has 2 heterocycles. The fourth-order valence-electron chi connectivity index (χ4n) is 3.96. The maximum Gasteiger partial charge on any atom is 0.238 e. The molecule has 1 aromatic carbocycles. The molecule has 0 aromatic heterocycles. The highest BCUT2D eigenvalue weighted by Crippen LogP contribution is 2.26. The number of nitrogens with one attached hydrogen (secondary N) is 1.